The lowest BCUT2D eigenvalue weighted by Crippen LogP contribution is -2.18. The molecule has 142 valence electrons. The summed E-state index contributed by atoms with van der Waals surface area (Å²) in [6.07, 6.45) is 5.31. The normalized spacial score (nSPS) is 11.4. The first-order chi connectivity index (χ1) is 14.0. The summed E-state index contributed by atoms with van der Waals surface area (Å²) >= 11 is 0. The third kappa shape index (κ3) is 2.79. The van der Waals surface area contributed by atoms with Crippen molar-refractivity contribution in [3.8, 4) is 16.8 Å². The maximum atomic E-state index is 13.9. The van der Waals surface area contributed by atoms with Crippen LogP contribution in [0.25, 0.3) is 38.6 Å². The standard InChI is InChI=1S/C22H14F2N4O/c1-27-12-15(11-26-27)13-2-6-20-17(8-13)22-14(10-25-20)3-7-21(29)28(22)16-4-5-18(23)19(24)9-16/h2-12H,1H3. The Morgan fingerprint density at radius 3 is 2.52 bits per heavy atom. The van der Waals surface area contributed by atoms with Crippen LogP contribution < -0.4 is 5.56 Å². The van der Waals surface area contributed by atoms with Gasteiger partial charge < -0.3 is 0 Å². The van der Waals surface area contributed by atoms with E-state index < -0.39 is 11.6 Å². The summed E-state index contributed by atoms with van der Waals surface area (Å²) in [7, 11) is 1.84. The average Bonchev–Trinajstić information content (AvgIpc) is 3.16. The third-order valence-corrected chi connectivity index (χ3v) is 4.92. The number of rotatable bonds is 2. The van der Waals surface area contributed by atoms with Gasteiger partial charge in [0.05, 0.1) is 22.9 Å². The summed E-state index contributed by atoms with van der Waals surface area (Å²) < 4.78 is 30.4. The van der Waals surface area contributed by atoms with Crippen LogP contribution in [-0.4, -0.2) is 19.3 Å². The monoisotopic (exact) mass is 388 g/mol. The number of aromatic nitrogens is 4. The fourth-order valence-corrected chi connectivity index (χ4v) is 3.54. The highest BCUT2D eigenvalue weighted by atomic mass is 19.2. The quantitative estimate of drug-likeness (QED) is 0.426. The van der Waals surface area contributed by atoms with E-state index in [2.05, 4.69) is 10.1 Å². The average molecular weight is 388 g/mol. The number of nitrogens with zero attached hydrogens (tertiary/aromatic N) is 4. The maximum Gasteiger partial charge on any atom is 0.255 e. The second-order valence-electron chi connectivity index (χ2n) is 6.80. The van der Waals surface area contributed by atoms with E-state index in [-0.39, 0.29) is 11.2 Å². The molecule has 0 unspecified atom stereocenters. The van der Waals surface area contributed by atoms with Gasteiger partial charge in [-0.15, -0.1) is 0 Å². The van der Waals surface area contributed by atoms with Crippen LogP contribution in [0.2, 0.25) is 0 Å². The summed E-state index contributed by atoms with van der Waals surface area (Å²) in [6.45, 7) is 0. The van der Waals surface area contributed by atoms with E-state index in [1.165, 1.54) is 16.7 Å². The molecule has 0 saturated carbocycles. The van der Waals surface area contributed by atoms with Crippen LogP contribution in [0.5, 0.6) is 0 Å². The zero-order chi connectivity index (χ0) is 20.1. The van der Waals surface area contributed by atoms with Crippen molar-refractivity contribution >= 4 is 21.8 Å². The van der Waals surface area contributed by atoms with Crippen LogP contribution in [0.15, 0.2) is 71.9 Å². The number of fused-ring (bicyclic) bond motifs is 3. The maximum absolute atomic E-state index is 13.9. The molecule has 0 bridgehead atoms. The van der Waals surface area contributed by atoms with Gasteiger partial charge in [0.15, 0.2) is 11.6 Å². The van der Waals surface area contributed by atoms with E-state index in [9.17, 15) is 13.6 Å². The minimum atomic E-state index is -1.01. The minimum Gasteiger partial charge on any atom is -0.276 e. The van der Waals surface area contributed by atoms with Crippen molar-refractivity contribution in [3.05, 3.63) is 89.1 Å². The van der Waals surface area contributed by atoms with Gasteiger partial charge in [-0.05, 0) is 35.9 Å². The Balaban J connectivity index is 1.89. The van der Waals surface area contributed by atoms with Gasteiger partial charge in [-0.1, -0.05) is 6.07 Å². The molecule has 0 spiro atoms. The van der Waals surface area contributed by atoms with Crippen molar-refractivity contribution < 1.29 is 8.78 Å². The van der Waals surface area contributed by atoms with Crippen LogP contribution in [-0.2, 0) is 7.05 Å². The molecule has 0 radical (unpaired) electrons. The lowest BCUT2D eigenvalue weighted by molar-refractivity contribution is 0.508. The van der Waals surface area contributed by atoms with Crippen molar-refractivity contribution in [2.24, 2.45) is 7.05 Å². The van der Waals surface area contributed by atoms with Crippen LogP contribution in [0.3, 0.4) is 0 Å². The molecular formula is C22H14F2N4O. The minimum absolute atomic E-state index is 0.249. The predicted octanol–water partition coefficient (Wildman–Crippen LogP) is 4.22. The zero-order valence-corrected chi connectivity index (χ0v) is 15.3. The highest BCUT2D eigenvalue weighted by Crippen LogP contribution is 2.29. The van der Waals surface area contributed by atoms with E-state index in [0.29, 0.717) is 16.4 Å². The Hall–Kier alpha value is -3.87. The Morgan fingerprint density at radius 1 is 0.897 bits per heavy atom. The van der Waals surface area contributed by atoms with Crippen molar-refractivity contribution in [1.29, 1.82) is 0 Å². The van der Waals surface area contributed by atoms with Crippen LogP contribution in [0, 0.1) is 11.6 Å². The summed E-state index contributed by atoms with van der Waals surface area (Å²) in [4.78, 5) is 17.2. The van der Waals surface area contributed by atoms with Crippen LogP contribution >= 0.6 is 0 Å². The first-order valence-electron chi connectivity index (χ1n) is 8.90. The van der Waals surface area contributed by atoms with Crippen LogP contribution in [0.4, 0.5) is 8.78 Å². The number of hydrogen-bond acceptors (Lipinski definition) is 3. The molecule has 0 aliphatic heterocycles. The largest absolute Gasteiger partial charge is 0.276 e. The molecule has 5 nitrogen and oxygen atoms in total. The zero-order valence-electron chi connectivity index (χ0n) is 15.3. The van der Waals surface area contributed by atoms with E-state index in [1.54, 1.807) is 23.1 Å². The predicted molar refractivity (Wildman–Crippen MR) is 107 cm³/mol. The molecule has 3 aromatic heterocycles. The Bertz CT molecular complexity index is 1470. The molecule has 5 rings (SSSR count). The van der Waals surface area contributed by atoms with Gasteiger partial charge in [0.25, 0.3) is 5.56 Å². The Morgan fingerprint density at radius 2 is 1.76 bits per heavy atom. The summed E-state index contributed by atoms with van der Waals surface area (Å²) in [6, 6.07) is 12.2. The van der Waals surface area contributed by atoms with E-state index in [0.717, 1.165) is 28.6 Å². The smallest absolute Gasteiger partial charge is 0.255 e. The number of pyridine rings is 2. The highest BCUT2D eigenvalue weighted by Gasteiger charge is 2.13. The number of halogens is 2. The fourth-order valence-electron chi connectivity index (χ4n) is 3.54. The molecule has 0 aliphatic rings. The molecule has 7 heteroatoms. The van der Waals surface area contributed by atoms with E-state index in [4.69, 9.17) is 0 Å². The van der Waals surface area contributed by atoms with Gasteiger partial charge in [0, 0.05) is 47.9 Å². The molecule has 5 aromatic rings. The van der Waals surface area contributed by atoms with Crippen molar-refractivity contribution in [1.82, 2.24) is 19.3 Å². The fraction of sp³-hybridized carbons (Fsp3) is 0.0455. The molecule has 0 aliphatic carbocycles. The Kier molecular flexibility index (Phi) is 3.77. The summed E-state index contributed by atoms with van der Waals surface area (Å²) in [5, 5.41) is 5.64. The molecule has 0 N–H and O–H groups in total. The van der Waals surface area contributed by atoms with Gasteiger partial charge in [-0.3, -0.25) is 19.0 Å². The molecule has 0 amide bonds. The SMILES string of the molecule is Cn1cc(-c2ccc3ncc4ccc(=O)n(-c5ccc(F)c(F)c5)c4c3c2)cn1. The molecule has 2 aromatic carbocycles. The second-order valence-corrected chi connectivity index (χ2v) is 6.80. The number of aryl methyl sites for hydroxylation is 1. The van der Waals surface area contributed by atoms with Gasteiger partial charge >= 0.3 is 0 Å². The van der Waals surface area contributed by atoms with Gasteiger partial charge in [0.1, 0.15) is 0 Å². The van der Waals surface area contributed by atoms with Gasteiger partial charge in [-0.2, -0.15) is 5.10 Å². The van der Waals surface area contributed by atoms with Gasteiger partial charge in [-0.25, -0.2) is 8.78 Å². The van der Waals surface area contributed by atoms with E-state index in [1.807, 2.05) is 31.4 Å². The third-order valence-electron chi connectivity index (χ3n) is 4.92. The molecule has 29 heavy (non-hydrogen) atoms. The summed E-state index contributed by atoms with van der Waals surface area (Å²) in [5.74, 6) is -1.98. The second kappa shape index (κ2) is 6.34. The van der Waals surface area contributed by atoms with Crippen molar-refractivity contribution in [3.63, 3.8) is 0 Å². The first-order valence-corrected chi connectivity index (χ1v) is 8.90. The topological polar surface area (TPSA) is 52.7 Å². The van der Waals surface area contributed by atoms with Crippen molar-refractivity contribution in [2.75, 3.05) is 0 Å². The molecule has 0 atom stereocenters. The van der Waals surface area contributed by atoms with E-state index >= 15 is 0 Å². The lowest BCUT2D eigenvalue weighted by Gasteiger charge is -2.13. The van der Waals surface area contributed by atoms with Gasteiger partial charge in [0.2, 0.25) is 0 Å². The summed E-state index contributed by atoms with van der Waals surface area (Å²) in [5.41, 5.74) is 3.00. The van der Waals surface area contributed by atoms with Crippen molar-refractivity contribution in [2.45, 2.75) is 0 Å². The van der Waals surface area contributed by atoms with Crippen LogP contribution in [0.1, 0.15) is 0 Å². The lowest BCUT2D eigenvalue weighted by atomic mass is 10.0. The molecular weight excluding hydrogens is 374 g/mol. The molecule has 0 saturated heterocycles. The molecule has 3 heterocycles. The first kappa shape index (κ1) is 17.2. The number of benzene rings is 2. The number of hydrogen-bond donors (Lipinski definition) is 0. The highest BCUT2D eigenvalue weighted by molar-refractivity contribution is 6.05. The molecule has 0 fully saturated rings. The Labute approximate surface area is 163 Å².